The maximum absolute atomic E-state index is 10.6. The zero-order valence-electron chi connectivity index (χ0n) is 7.55. The molecule has 1 N–H and O–H groups in total. The molecule has 77 valence electrons. The van der Waals surface area contributed by atoms with Gasteiger partial charge in [0.1, 0.15) is 9.92 Å². The zero-order valence-corrected chi connectivity index (χ0v) is 11.1. The van der Waals surface area contributed by atoms with E-state index in [1.54, 1.807) is 0 Å². The number of nitro groups is 1. The first-order valence-corrected chi connectivity index (χ1v) is 5.05. The first-order valence-electron chi connectivity index (χ1n) is 3.24. The molecule has 0 spiro atoms. The Kier molecular flexibility index (Phi) is 5.18. The molecular weight excluding hydrogens is 257 g/mol. The van der Waals surface area contributed by atoms with Gasteiger partial charge < -0.3 is 0 Å². The van der Waals surface area contributed by atoms with Gasteiger partial charge in [-0.05, 0) is 12.1 Å². The first kappa shape index (κ1) is 14.8. The average molecular weight is 261 g/mol. The molecule has 0 heterocycles. The average Bonchev–Trinajstić information content (AvgIpc) is 2.02. The van der Waals surface area contributed by atoms with Crippen LogP contribution in [0.2, 0.25) is 5.02 Å². The molecule has 0 saturated heterocycles. The maximum Gasteiger partial charge on any atom is 0.294 e. The number of nitro benzene ring substituents is 1. The van der Waals surface area contributed by atoms with Gasteiger partial charge in [0.2, 0.25) is 0 Å². The van der Waals surface area contributed by atoms with Gasteiger partial charge in [0.05, 0.1) is 4.92 Å². The van der Waals surface area contributed by atoms with Gasteiger partial charge in [-0.25, -0.2) is 0 Å². The third-order valence-corrected chi connectivity index (χ3v) is 2.58. The van der Waals surface area contributed by atoms with Gasteiger partial charge in [0.15, 0.2) is 0 Å². The van der Waals surface area contributed by atoms with Crippen LogP contribution in [0.5, 0.6) is 0 Å². The Balaban J connectivity index is 0.00000196. The Morgan fingerprint density at radius 3 is 2.33 bits per heavy atom. The minimum absolute atomic E-state index is 0. The van der Waals surface area contributed by atoms with Crippen LogP contribution in [0.1, 0.15) is 0 Å². The zero-order chi connectivity index (χ0) is 10.9. The first-order chi connectivity index (χ1) is 6.32. The molecule has 0 aromatic heterocycles. The third kappa shape index (κ3) is 3.71. The molecule has 0 bridgehead atoms. The molecule has 15 heavy (non-hydrogen) atoms. The van der Waals surface area contributed by atoms with Crippen molar-refractivity contribution in [2.75, 3.05) is 0 Å². The summed E-state index contributed by atoms with van der Waals surface area (Å²) in [6.45, 7) is 0. The van der Waals surface area contributed by atoms with Crippen LogP contribution in [0, 0.1) is 10.1 Å². The van der Waals surface area contributed by atoms with Crippen LogP contribution in [-0.4, -0.2) is 47.5 Å². The van der Waals surface area contributed by atoms with E-state index in [1.165, 1.54) is 0 Å². The standard InChI is InChI=1S/C6H4ClNO5S.Na/c7-5-2-1-4(14(11,12)13)3-6(5)8(9)10;/h1-3H,(H,11,12,13);. The summed E-state index contributed by atoms with van der Waals surface area (Å²) in [4.78, 5) is 8.95. The van der Waals surface area contributed by atoms with Crippen LogP contribution in [-0.2, 0) is 10.1 Å². The maximum atomic E-state index is 10.6. The Morgan fingerprint density at radius 1 is 1.40 bits per heavy atom. The van der Waals surface area contributed by atoms with Crippen molar-refractivity contribution < 1.29 is 17.9 Å². The van der Waals surface area contributed by atoms with Gasteiger partial charge in [-0.2, -0.15) is 8.42 Å². The monoisotopic (exact) mass is 260 g/mol. The van der Waals surface area contributed by atoms with Gasteiger partial charge in [0.25, 0.3) is 15.8 Å². The fraction of sp³-hybridized carbons (Fsp3) is 0. The van der Waals surface area contributed by atoms with Crippen molar-refractivity contribution >= 4 is 57.0 Å². The molecule has 0 saturated carbocycles. The second kappa shape index (κ2) is 5.24. The van der Waals surface area contributed by atoms with Crippen LogP contribution in [0.25, 0.3) is 0 Å². The molecule has 0 amide bonds. The molecule has 9 heteroatoms. The minimum atomic E-state index is -4.44. The normalized spacial score (nSPS) is 10.5. The van der Waals surface area contributed by atoms with Crippen LogP contribution in [0.4, 0.5) is 5.69 Å². The summed E-state index contributed by atoms with van der Waals surface area (Å²) in [6, 6.07) is 2.70. The Bertz CT molecular complexity index is 488. The van der Waals surface area contributed by atoms with Gasteiger partial charge >= 0.3 is 0 Å². The van der Waals surface area contributed by atoms with Crippen LogP contribution >= 0.6 is 11.6 Å². The quantitative estimate of drug-likeness (QED) is 0.372. The largest absolute Gasteiger partial charge is 0.294 e. The van der Waals surface area contributed by atoms with Crippen LogP contribution in [0.3, 0.4) is 0 Å². The number of nitrogens with zero attached hydrogens (tertiary/aromatic N) is 1. The van der Waals surface area contributed by atoms with Crippen molar-refractivity contribution in [1.82, 2.24) is 0 Å². The fourth-order valence-electron chi connectivity index (χ4n) is 0.793. The molecule has 1 aromatic rings. The molecule has 1 rings (SSSR count). The molecule has 0 aliphatic heterocycles. The van der Waals surface area contributed by atoms with Gasteiger partial charge in [0, 0.05) is 35.6 Å². The third-order valence-electron chi connectivity index (χ3n) is 1.41. The summed E-state index contributed by atoms with van der Waals surface area (Å²) in [5.41, 5.74) is -0.568. The summed E-state index contributed by atoms with van der Waals surface area (Å²) in [6.07, 6.45) is 0. The van der Waals surface area contributed by atoms with E-state index in [4.69, 9.17) is 16.2 Å². The van der Waals surface area contributed by atoms with Gasteiger partial charge in [-0.15, -0.1) is 0 Å². The number of benzene rings is 1. The molecule has 0 atom stereocenters. The molecule has 0 aliphatic carbocycles. The smallest absolute Gasteiger partial charge is 0.282 e. The van der Waals surface area contributed by atoms with Crippen molar-refractivity contribution in [3.05, 3.63) is 33.3 Å². The van der Waals surface area contributed by atoms with E-state index in [2.05, 4.69) is 0 Å². The summed E-state index contributed by atoms with van der Waals surface area (Å²) in [7, 11) is -4.44. The van der Waals surface area contributed by atoms with Crippen molar-refractivity contribution in [1.29, 1.82) is 0 Å². The predicted molar refractivity (Wildman–Crippen MR) is 53.7 cm³/mol. The Morgan fingerprint density at radius 2 is 1.93 bits per heavy atom. The summed E-state index contributed by atoms with van der Waals surface area (Å²) < 4.78 is 29.8. The molecule has 1 radical (unpaired) electrons. The predicted octanol–water partition coefficient (Wildman–Crippen LogP) is 1.11. The van der Waals surface area contributed by atoms with Crippen molar-refractivity contribution in [2.24, 2.45) is 0 Å². The SMILES string of the molecule is O=[N+]([O-])c1cc(S(=O)(=O)O)ccc1Cl.[Na]. The Hall–Kier alpha value is -0.180. The number of hydrogen-bond acceptors (Lipinski definition) is 4. The van der Waals surface area contributed by atoms with Crippen molar-refractivity contribution in [3.63, 3.8) is 0 Å². The van der Waals surface area contributed by atoms with Crippen molar-refractivity contribution in [3.8, 4) is 0 Å². The van der Waals surface area contributed by atoms with E-state index in [9.17, 15) is 18.5 Å². The second-order valence-corrected chi connectivity index (χ2v) is 4.17. The molecule has 6 nitrogen and oxygen atoms in total. The summed E-state index contributed by atoms with van der Waals surface area (Å²) in [5, 5.41) is 10.2. The summed E-state index contributed by atoms with van der Waals surface area (Å²) >= 11 is 5.42. The van der Waals surface area contributed by atoms with Gasteiger partial charge in [-0.1, -0.05) is 11.6 Å². The summed E-state index contributed by atoms with van der Waals surface area (Å²) in [5.74, 6) is 0. The number of rotatable bonds is 2. The van der Waals surface area contributed by atoms with E-state index in [0.717, 1.165) is 12.1 Å². The van der Waals surface area contributed by atoms with E-state index in [1.807, 2.05) is 0 Å². The number of halogens is 1. The minimum Gasteiger partial charge on any atom is -0.282 e. The van der Waals surface area contributed by atoms with Crippen LogP contribution < -0.4 is 0 Å². The van der Waals surface area contributed by atoms with E-state index < -0.39 is 25.6 Å². The Labute approximate surface area is 112 Å². The molecule has 0 aliphatic rings. The van der Waals surface area contributed by atoms with E-state index >= 15 is 0 Å². The van der Waals surface area contributed by atoms with Gasteiger partial charge in [-0.3, -0.25) is 14.7 Å². The molecule has 0 fully saturated rings. The molecule has 0 unspecified atom stereocenters. The number of hydrogen-bond donors (Lipinski definition) is 1. The molecule has 1 aromatic carbocycles. The van der Waals surface area contributed by atoms with E-state index in [0.29, 0.717) is 6.07 Å². The topological polar surface area (TPSA) is 97.5 Å². The van der Waals surface area contributed by atoms with Crippen LogP contribution in [0.15, 0.2) is 23.1 Å². The second-order valence-electron chi connectivity index (χ2n) is 2.35. The fourth-order valence-corrected chi connectivity index (χ4v) is 1.48. The van der Waals surface area contributed by atoms with E-state index in [-0.39, 0.29) is 34.6 Å². The molecular formula is C6H4ClNNaO5S. The van der Waals surface area contributed by atoms with Crippen molar-refractivity contribution in [2.45, 2.75) is 4.90 Å².